The topological polar surface area (TPSA) is 32.3 Å². The van der Waals surface area contributed by atoms with Crippen molar-refractivity contribution >= 4 is 17.2 Å². The molecule has 0 radical (unpaired) electrons. The van der Waals surface area contributed by atoms with Gasteiger partial charge in [0.05, 0.1) is 12.5 Å². The largest absolute Gasteiger partial charge is 0.354 e. The number of hydrogen-bond donors (Lipinski definition) is 1. The highest BCUT2D eigenvalue weighted by molar-refractivity contribution is 7.07. The highest BCUT2D eigenvalue weighted by Crippen LogP contribution is 2.20. The van der Waals surface area contributed by atoms with E-state index in [1.54, 1.807) is 29.5 Å². The number of carbonyl (C=O) groups is 1. The van der Waals surface area contributed by atoms with E-state index < -0.39 is 0 Å². The van der Waals surface area contributed by atoms with Gasteiger partial charge in [0.15, 0.2) is 0 Å². The molecule has 0 spiro atoms. The molecule has 5 heteroatoms. The molecule has 1 N–H and O–H groups in total. The molecule has 21 heavy (non-hydrogen) atoms. The van der Waals surface area contributed by atoms with Crippen LogP contribution in [0, 0.1) is 5.82 Å². The number of amides is 1. The number of benzene rings is 1. The molecule has 2 rings (SSSR count). The molecule has 0 aliphatic rings. The van der Waals surface area contributed by atoms with E-state index in [1.165, 1.54) is 11.6 Å². The number of nitrogens with zero attached hydrogens (tertiary/aromatic N) is 1. The fourth-order valence-electron chi connectivity index (χ4n) is 2.15. The summed E-state index contributed by atoms with van der Waals surface area (Å²) < 4.78 is 13.5. The van der Waals surface area contributed by atoms with Gasteiger partial charge in [-0.05, 0) is 48.1 Å². The third kappa shape index (κ3) is 4.37. The molecule has 0 saturated heterocycles. The second-order valence-electron chi connectivity index (χ2n) is 5.11. The van der Waals surface area contributed by atoms with Crippen molar-refractivity contribution in [1.82, 2.24) is 10.2 Å². The first-order chi connectivity index (χ1) is 10.1. The molecule has 1 aromatic heterocycles. The SMILES string of the molecule is CN(C)C(CNC(=O)Cc1ccccc1F)c1ccsc1. The van der Waals surface area contributed by atoms with Gasteiger partial charge in [-0.25, -0.2) is 4.39 Å². The van der Waals surface area contributed by atoms with Gasteiger partial charge in [0.2, 0.25) is 5.91 Å². The molecule has 1 unspecified atom stereocenters. The predicted molar refractivity (Wildman–Crippen MR) is 83.9 cm³/mol. The van der Waals surface area contributed by atoms with Crippen molar-refractivity contribution in [2.24, 2.45) is 0 Å². The van der Waals surface area contributed by atoms with E-state index in [4.69, 9.17) is 0 Å². The molecular weight excluding hydrogens is 287 g/mol. The number of rotatable bonds is 6. The Hall–Kier alpha value is -1.72. The van der Waals surface area contributed by atoms with Crippen LogP contribution < -0.4 is 5.32 Å². The lowest BCUT2D eigenvalue weighted by Crippen LogP contribution is -2.35. The number of likely N-dealkylation sites (N-methyl/N-ethyl adjacent to an activating group) is 1. The van der Waals surface area contributed by atoms with Crippen molar-refractivity contribution in [3.63, 3.8) is 0 Å². The molecule has 0 aliphatic carbocycles. The molecule has 1 atom stereocenters. The summed E-state index contributed by atoms with van der Waals surface area (Å²) in [6, 6.07) is 8.54. The van der Waals surface area contributed by atoms with Gasteiger partial charge in [-0.3, -0.25) is 4.79 Å². The maximum absolute atomic E-state index is 13.5. The number of hydrogen-bond acceptors (Lipinski definition) is 3. The van der Waals surface area contributed by atoms with Crippen molar-refractivity contribution in [3.8, 4) is 0 Å². The molecule has 1 amide bonds. The van der Waals surface area contributed by atoms with Gasteiger partial charge in [0, 0.05) is 6.54 Å². The van der Waals surface area contributed by atoms with Crippen LogP contribution in [0.3, 0.4) is 0 Å². The zero-order chi connectivity index (χ0) is 15.2. The van der Waals surface area contributed by atoms with Gasteiger partial charge >= 0.3 is 0 Å². The van der Waals surface area contributed by atoms with Crippen LogP contribution in [-0.4, -0.2) is 31.4 Å². The maximum atomic E-state index is 13.5. The van der Waals surface area contributed by atoms with E-state index in [1.807, 2.05) is 19.5 Å². The average molecular weight is 306 g/mol. The third-order valence-electron chi connectivity index (χ3n) is 3.35. The summed E-state index contributed by atoms with van der Waals surface area (Å²) in [5.74, 6) is -0.503. The minimum absolute atomic E-state index is 0.0659. The van der Waals surface area contributed by atoms with Crippen LogP contribution in [0.25, 0.3) is 0 Å². The zero-order valence-electron chi connectivity index (χ0n) is 12.2. The summed E-state index contributed by atoms with van der Waals surface area (Å²) >= 11 is 1.64. The Morgan fingerprint density at radius 1 is 1.33 bits per heavy atom. The summed E-state index contributed by atoms with van der Waals surface area (Å²) in [5.41, 5.74) is 1.60. The Balaban J connectivity index is 1.92. The summed E-state index contributed by atoms with van der Waals surface area (Å²) in [6.45, 7) is 0.511. The van der Waals surface area contributed by atoms with Crippen molar-refractivity contribution in [3.05, 3.63) is 58.0 Å². The summed E-state index contributed by atoms with van der Waals surface area (Å²) in [6.07, 6.45) is 0.0659. The Labute approximate surface area is 128 Å². The second kappa shape index (κ2) is 7.33. The van der Waals surface area contributed by atoms with E-state index in [2.05, 4.69) is 21.7 Å². The van der Waals surface area contributed by atoms with Crippen LogP contribution in [0.15, 0.2) is 41.1 Å². The summed E-state index contributed by atoms with van der Waals surface area (Å²) in [7, 11) is 3.96. The molecule has 0 aliphatic heterocycles. The standard InChI is InChI=1S/C16H19FN2OS/c1-19(2)15(13-7-8-21-11-13)10-18-16(20)9-12-5-3-4-6-14(12)17/h3-8,11,15H,9-10H2,1-2H3,(H,18,20). The number of halogens is 1. The Morgan fingerprint density at radius 3 is 2.71 bits per heavy atom. The second-order valence-corrected chi connectivity index (χ2v) is 5.89. The average Bonchev–Trinajstić information content (AvgIpc) is 2.95. The van der Waals surface area contributed by atoms with Gasteiger partial charge in [-0.2, -0.15) is 11.3 Å². The van der Waals surface area contributed by atoms with Crippen LogP contribution >= 0.6 is 11.3 Å². The van der Waals surface area contributed by atoms with Gasteiger partial charge in [-0.1, -0.05) is 18.2 Å². The minimum atomic E-state index is -0.338. The molecule has 1 aromatic carbocycles. The van der Waals surface area contributed by atoms with E-state index in [9.17, 15) is 9.18 Å². The first kappa shape index (κ1) is 15.7. The molecule has 0 saturated carbocycles. The smallest absolute Gasteiger partial charge is 0.224 e. The zero-order valence-corrected chi connectivity index (χ0v) is 13.0. The van der Waals surface area contributed by atoms with Crippen LogP contribution in [0.1, 0.15) is 17.2 Å². The molecule has 1 heterocycles. The molecule has 0 bridgehead atoms. The van der Waals surface area contributed by atoms with Gasteiger partial charge in [0.1, 0.15) is 5.82 Å². The fraction of sp³-hybridized carbons (Fsp3) is 0.312. The predicted octanol–water partition coefficient (Wildman–Crippen LogP) is 2.85. The Bertz CT molecular complexity index is 584. The van der Waals surface area contributed by atoms with E-state index in [-0.39, 0.29) is 24.2 Å². The van der Waals surface area contributed by atoms with Crippen molar-refractivity contribution in [1.29, 1.82) is 0 Å². The highest BCUT2D eigenvalue weighted by Gasteiger charge is 2.16. The van der Waals surface area contributed by atoms with Crippen molar-refractivity contribution in [2.75, 3.05) is 20.6 Å². The highest BCUT2D eigenvalue weighted by atomic mass is 32.1. The van der Waals surface area contributed by atoms with E-state index >= 15 is 0 Å². The maximum Gasteiger partial charge on any atom is 0.224 e. The lowest BCUT2D eigenvalue weighted by Gasteiger charge is -2.24. The van der Waals surface area contributed by atoms with Crippen LogP contribution in [-0.2, 0) is 11.2 Å². The van der Waals surface area contributed by atoms with Crippen LogP contribution in [0.4, 0.5) is 4.39 Å². The van der Waals surface area contributed by atoms with Crippen molar-refractivity contribution < 1.29 is 9.18 Å². The van der Waals surface area contributed by atoms with E-state index in [0.29, 0.717) is 12.1 Å². The first-order valence-corrected chi connectivity index (χ1v) is 7.71. The number of nitrogens with one attached hydrogen (secondary N) is 1. The van der Waals surface area contributed by atoms with Gasteiger partial charge in [-0.15, -0.1) is 0 Å². The molecular formula is C16H19FN2OS. The summed E-state index contributed by atoms with van der Waals surface area (Å²) in [4.78, 5) is 14.0. The third-order valence-corrected chi connectivity index (χ3v) is 4.05. The normalized spacial score (nSPS) is 12.4. The van der Waals surface area contributed by atoms with Crippen molar-refractivity contribution in [2.45, 2.75) is 12.5 Å². The molecule has 2 aromatic rings. The fourth-order valence-corrected chi connectivity index (χ4v) is 2.86. The number of thiophene rings is 1. The Kier molecular flexibility index (Phi) is 5.47. The quantitative estimate of drug-likeness (QED) is 0.890. The lowest BCUT2D eigenvalue weighted by atomic mass is 10.1. The Morgan fingerprint density at radius 2 is 2.10 bits per heavy atom. The van der Waals surface area contributed by atoms with Crippen LogP contribution in [0.2, 0.25) is 0 Å². The van der Waals surface area contributed by atoms with E-state index in [0.717, 1.165) is 0 Å². The molecule has 3 nitrogen and oxygen atoms in total. The van der Waals surface area contributed by atoms with Gasteiger partial charge in [0.25, 0.3) is 0 Å². The summed E-state index contributed by atoms with van der Waals surface area (Å²) in [5, 5.41) is 6.98. The minimum Gasteiger partial charge on any atom is -0.354 e. The van der Waals surface area contributed by atoms with Crippen LogP contribution in [0.5, 0.6) is 0 Å². The van der Waals surface area contributed by atoms with Gasteiger partial charge < -0.3 is 10.2 Å². The molecule has 0 fully saturated rings. The first-order valence-electron chi connectivity index (χ1n) is 6.76. The number of carbonyl (C=O) groups excluding carboxylic acids is 1. The molecule has 112 valence electrons. The monoisotopic (exact) mass is 306 g/mol. The lowest BCUT2D eigenvalue weighted by molar-refractivity contribution is -0.120.